The molecule has 3 aromatic rings. The number of imidazole rings is 1. The highest BCUT2D eigenvalue weighted by molar-refractivity contribution is 7.71. The van der Waals surface area contributed by atoms with Crippen LogP contribution < -0.4 is 14.8 Å². The van der Waals surface area contributed by atoms with Gasteiger partial charge in [-0.2, -0.15) is 0 Å². The SMILES string of the molecule is CCCOc1ccc(NC(=O)c2cc(F)cc3[nH]c(=S)[nH]c23)cc1OCCC. The minimum absolute atomic E-state index is 0.157. The number of aromatic nitrogens is 2. The van der Waals surface area contributed by atoms with E-state index < -0.39 is 11.7 Å². The lowest BCUT2D eigenvalue weighted by Gasteiger charge is -2.14. The minimum atomic E-state index is -0.529. The van der Waals surface area contributed by atoms with Gasteiger partial charge in [0.2, 0.25) is 0 Å². The molecule has 0 radical (unpaired) electrons. The van der Waals surface area contributed by atoms with Crippen molar-refractivity contribution in [2.24, 2.45) is 0 Å². The van der Waals surface area contributed by atoms with Gasteiger partial charge in [0.25, 0.3) is 5.91 Å². The third-order valence-electron chi connectivity index (χ3n) is 3.96. The molecule has 1 heterocycles. The van der Waals surface area contributed by atoms with Gasteiger partial charge in [-0.25, -0.2) is 4.39 Å². The van der Waals surface area contributed by atoms with Gasteiger partial charge in [-0.05, 0) is 49.3 Å². The van der Waals surface area contributed by atoms with Gasteiger partial charge in [0.05, 0.1) is 29.8 Å². The third-order valence-corrected chi connectivity index (χ3v) is 4.16. The Balaban J connectivity index is 1.88. The maximum atomic E-state index is 13.9. The van der Waals surface area contributed by atoms with Crippen LogP contribution in [0, 0.1) is 10.6 Å². The van der Waals surface area contributed by atoms with E-state index in [0.717, 1.165) is 12.8 Å². The first-order valence-electron chi connectivity index (χ1n) is 9.14. The summed E-state index contributed by atoms with van der Waals surface area (Å²) in [6.07, 6.45) is 1.72. The van der Waals surface area contributed by atoms with Crippen molar-refractivity contribution in [2.45, 2.75) is 26.7 Å². The zero-order valence-corrected chi connectivity index (χ0v) is 16.5. The molecule has 0 saturated carbocycles. The van der Waals surface area contributed by atoms with Gasteiger partial charge in [-0.1, -0.05) is 13.8 Å². The molecule has 0 aliphatic carbocycles. The normalized spacial score (nSPS) is 10.8. The Morgan fingerprint density at radius 1 is 1.07 bits per heavy atom. The van der Waals surface area contributed by atoms with E-state index in [-0.39, 0.29) is 5.56 Å². The summed E-state index contributed by atoms with van der Waals surface area (Å²) >= 11 is 5.04. The molecule has 2 aromatic carbocycles. The molecule has 0 atom stereocenters. The molecule has 0 aliphatic heterocycles. The lowest BCUT2D eigenvalue weighted by molar-refractivity contribution is 0.102. The Morgan fingerprint density at radius 3 is 2.50 bits per heavy atom. The van der Waals surface area contributed by atoms with Crippen LogP contribution in [-0.4, -0.2) is 29.1 Å². The van der Waals surface area contributed by atoms with E-state index in [1.165, 1.54) is 12.1 Å². The molecule has 0 fully saturated rings. The third kappa shape index (κ3) is 4.51. The second-order valence-electron chi connectivity index (χ2n) is 6.27. The topological polar surface area (TPSA) is 79.1 Å². The number of amides is 1. The van der Waals surface area contributed by atoms with Crippen molar-refractivity contribution in [3.05, 3.63) is 46.5 Å². The molecule has 0 bridgehead atoms. The largest absolute Gasteiger partial charge is 0.490 e. The van der Waals surface area contributed by atoms with Crippen LogP contribution in [0.5, 0.6) is 11.5 Å². The van der Waals surface area contributed by atoms with Gasteiger partial charge < -0.3 is 24.8 Å². The standard InChI is InChI=1S/C20H22FN3O3S/c1-3-7-26-16-6-5-13(11-17(16)27-8-4-2)22-19(25)14-9-12(21)10-15-18(14)24-20(28)23-15/h5-6,9-11H,3-4,7-8H2,1-2H3,(H,22,25)(H2,23,24,28). The van der Waals surface area contributed by atoms with E-state index >= 15 is 0 Å². The van der Waals surface area contributed by atoms with Crippen molar-refractivity contribution < 1.29 is 18.7 Å². The second-order valence-corrected chi connectivity index (χ2v) is 6.68. The summed E-state index contributed by atoms with van der Waals surface area (Å²) in [5.41, 5.74) is 1.57. The Bertz CT molecular complexity index is 1040. The van der Waals surface area contributed by atoms with Crippen LogP contribution in [0.4, 0.5) is 10.1 Å². The van der Waals surface area contributed by atoms with E-state index in [4.69, 9.17) is 21.7 Å². The summed E-state index contributed by atoms with van der Waals surface area (Å²) < 4.78 is 25.7. The number of carbonyl (C=O) groups is 1. The summed E-state index contributed by atoms with van der Waals surface area (Å²) in [5, 5.41) is 2.78. The van der Waals surface area contributed by atoms with Crippen LogP contribution in [0.1, 0.15) is 37.0 Å². The zero-order valence-electron chi connectivity index (χ0n) is 15.7. The Labute approximate surface area is 167 Å². The predicted octanol–water partition coefficient (Wildman–Crippen LogP) is 5.19. The van der Waals surface area contributed by atoms with E-state index in [1.807, 2.05) is 13.8 Å². The van der Waals surface area contributed by atoms with Crippen molar-refractivity contribution in [3.8, 4) is 11.5 Å². The van der Waals surface area contributed by atoms with Crippen LogP contribution in [0.15, 0.2) is 30.3 Å². The van der Waals surface area contributed by atoms with Crippen LogP contribution >= 0.6 is 12.2 Å². The predicted molar refractivity (Wildman–Crippen MR) is 109 cm³/mol. The van der Waals surface area contributed by atoms with Gasteiger partial charge in [0.1, 0.15) is 5.82 Å². The molecule has 3 N–H and O–H groups in total. The average Bonchev–Trinajstić information content (AvgIpc) is 3.04. The second kappa shape index (κ2) is 8.88. The summed E-state index contributed by atoms with van der Waals surface area (Å²) in [6, 6.07) is 7.63. The molecule has 1 aromatic heterocycles. The lowest BCUT2D eigenvalue weighted by Crippen LogP contribution is -2.13. The van der Waals surface area contributed by atoms with E-state index in [0.29, 0.717) is 46.2 Å². The fourth-order valence-electron chi connectivity index (χ4n) is 2.73. The average molecular weight is 403 g/mol. The maximum Gasteiger partial charge on any atom is 0.257 e. The van der Waals surface area contributed by atoms with Crippen LogP contribution in [0.3, 0.4) is 0 Å². The van der Waals surface area contributed by atoms with Crippen molar-refractivity contribution in [1.29, 1.82) is 0 Å². The maximum absolute atomic E-state index is 13.9. The number of hydrogen-bond donors (Lipinski definition) is 3. The quantitative estimate of drug-likeness (QED) is 0.452. The number of nitrogens with one attached hydrogen (secondary N) is 3. The minimum Gasteiger partial charge on any atom is -0.490 e. The Morgan fingerprint density at radius 2 is 1.79 bits per heavy atom. The number of anilines is 1. The molecule has 8 heteroatoms. The molecule has 3 rings (SSSR count). The smallest absolute Gasteiger partial charge is 0.257 e. The number of rotatable bonds is 8. The number of carbonyl (C=O) groups excluding carboxylic acids is 1. The molecule has 0 unspecified atom stereocenters. The van der Waals surface area contributed by atoms with Gasteiger partial charge in [-0.3, -0.25) is 4.79 Å². The fourth-order valence-corrected chi connectivity index (χ4v) is 2.94. The lowest BCUT2D eigenvalue weighted by atomic mass is 10.1. The Hall–Kier alpha value is -2.87. The highest BCUT2D eigenvalue weighted by atomic mass is 32.1. The summed E-state index contributed by atoms with van der Waals surface area (Å²) in [7, 11) is 0. The monoisotopic (exact) mass is 403 g/mol. The molecule has 148 valence electrons. The Kier molecular flexibility index (Phi) is 6.30. The first kappa shape index (κ1) is 19.9. The van der Waals surface area contributed by atoms with Gasteiger partial charge in [0.15, 0.2) is 16.3 Å². The number of H-pyrrole nitrogens is 2. The van der Waals surface area contributed by atoms with E-state index in [1.54, 1.807) is 18.2 Å². The van der Waals surface area contributed by atoms with Gasteiger partial charge in [-0.15, -0.1) is 0 Å². The first-order valence-corrected chi connectivity index (χ1v) is 9.55. The molecular formula is C20H22FN3O3S. The molecule has 28 heavy (non-hydrogen) atoms. The highest BCUT2D eigenvalue weighted by Crippen LogP contribution is 2.31. The van der Waals surface area contributed by atoms with Gasteiger partial charge in [0, 0.05) is 11.8 Å². The van der Waals surface area contributed by atoms with Crippen molar-refractivity contribution in [2.75, 3.05) is 18.5 Å². The molecule has 0 spiro atoms. The highest BCUT2D eigenvalue weighted by Gasteiger charge is 2.15. The van der Waals surface area contributed by atoms with E-state index in [9.17, 15) is 9.18 Å². The van der Waals surface area contributed by atoms with Crippen molar-refractivity contribution in [1.82, 2.24) is 9.97 Å². The first-order chi connectivity index (χ1) is 13.5. The molecule has 6 nitrogen and oxygen atoms in total. The van der Waals surface area contributed by atoms with E-state index in [2.05, 4.69) is 15.3 Å². The molecule has 0 aliphatic rings. The van der Waals surface area contributed by atoms with Crippen molar-refractivity contribution in [3.63, 3.8) is 0 Å². The van der Waals surface area contributed by atoms with Crippen molar-refractivity contribution >= 4 is 34.8 Å². The number of benzene rings is 2. The summed E-state index contributed by atoms with van der Waals surface area (Å²) in [6.45, 7) is 5.13. The summed E-state index contributed by atoms with van der Waals surface area (Å²) in [4.78, 5) is 18.5. The molecule has 0 saturated heterocycles. The molecular weight excluding hydrogens is 381 g/mol. The number of ether oxygens (including phenoxy) is 2. The molecule has 1 amide bonds. The fraction of sp³-hybridized carbons (Fsp3) is 0.300. The zero-order chi connectivity index (χ0) is 20.1. The van der Waals surface area contributed by atoms with Crippen LogP contribution in [-0.2, 0) is 0 Å². The van der Waals surface area contributed by atoms with Crippen LogP contribution in [0.25, 0.3) is 11.0 Å². The number of fused-ring (bicyclic) bond motifs is 1. The van der Waals surface area contributed by atoms with Gasteiger partial charge >= 0.3 is 0 Å². The van der Waals surface area contributed by atoms with Crippen LogP contribution in [0.2, 0.25) is 0 Å². The number of aromatic amines is 2. The summed E-state index contributed by atoms with van der Waals surface area (Å²) in [5.74, 6) is 0.186. The number of hydrogen-bond acceptors (Lipinski definition) is 4. The number of halogens is 1.